The number of rotatable bonds is 3. The lowest BCUT2D eigenvalue weighted by molar-refractivity contribution is -0.144. The molecular formula is C16H20BrNO3. The molecule has 1 aliphatic rings. The summed E-state index contributed by atoms with van der Waals surface area (Å²) in [6, 6.07) is 4.74. The third-order valence-electron chi connectivity index (χ3n) is 4.25. The van der Waals surface area contributed by atoms with Gasteiger partial charge in [0, 0.05) is 16.6 Å². The summed E-state index contributed by atoms with van der Waals surface area (Å²) >= 11 is 3.37. The summed E-state index contributed by atoms with van der Waals surface area (Å²) in [6.07, 6.45) is 2.39. The first-order valence-electron chi connectivity index (χ1n) is 7.24. The van der Waals surface area contributed by atoms with Gasteiger partial charge in [-0.3, -0.25) is 4.79 Å². The molecule has 114 valence electrons. The highest BCUT2D eigenvalue weighted by Crippen LogP contribution is 2.28. The Bertz CT molecular complexity index is 558. The normalized spacial score (nSPS) is 22.1. The molecule has 0 bridgehead atoms. The molecule has 1 aromatic carbocycles. The van der Waals surface area contributed by atoms with Crippen molar-refractivity contribution in [3.63, 3.8) is 0 Å². The highest BCUT2D eigenvalue weighted by molar-refractivity contribution is 9.10. The smallest absolute Gasteiger partial charge is 0.326 e. The first kappa shape index (κ1) is 16.0. The van der Waals surface area contributed by atoms with E-state index in [2.05, 4.69) is 22.9 Å². The van der Waals surface area contributed by atoms with Crippen LogP contribution in [0, 0.1) is 12.8 Å². The fourth-order valence-electron chi connectivity index (χ4n) is 2.91. The van der Waals surface area contributed by atoms with Crippen LogP contribution in [0.5, 0.6) is 0 Å². The largest absolute Gasteiger partial charge is 0.480 e. The lowest BCUT2D eigenvalue weighted by Gasteiger charge is -2.37. The zero-order chi connectivity index (χ0) is 15.6. The minimum absolute atomic E-state index is 0.179. The minimum Gasteiger partial charge on any atom is -0.480 e. The van der Waals surface area contributed by atoms with Crippen molar-refractivity contribution in [2.75, 3.05) is 6.54 Å². The number of aryl methyl sites for hydroxylation is 1. The molecule has 0 aromatic heterocycles. The highest BCUT2D eigenvalue weighted by atomic mass is 79.9. The molecule has 1 aliphatic heterocycles. The maximum absolute atomic E-state index is 12.7. The Morgan fingerprint density at radius 2 is 2.14 bits per heavy atom. The SMILES string of the molecule is CCC1CCN(C(=O)c2ccc(Br)cc2C)C(C(=O)O)C1. The van der Waals surface area contributed by atoms with Crippen molar-refractivity contribution in [1.29, 1.82) is 0 Å². The molecule has 1 N–H and O–H groups in total. The average Bonchev–Trinajstić information content (AvgIpc) is 2.46. The van der Waals surface area contributed by atoms with Gasteiger partial charge in [0.05, 0.1) is 0 Å². The number of halogens is 1. The number of amides is 1. The summed E-state index contributed by atoms with van der Waals surface area (Å²) in [4.78, 5) is 25.7. The summed E-state index contributed by atoms with van der Waals surface area (Å²) in [7, 11) is 0. The lowest BCUT2D eigenvalue weighted by Crippen LogP contribution is -2.50. The van der Waals surface area contributed by atoms with Crippen LogP contribution in [-0.2, 0) is 4.79 Å². The number of nitrogens with zero attached hydrogens (tertiary/aromatic N) is 1. The second kappa shape index (κ2) is 6.60. The molecule has 1 saturated heterocycles. The number of hydrogen-bond acceptors (Lipinski definition) is 2. The van der Waals surface area contributed by atoms with E-state index in [1.807, 2.05) is 19.1 Å². The molecule has 21 heavy (non-hydrogen) atoms. The van der Waals surface area contributed by atoms with Crippen molar-refractivity contribution < 1.29 is 14.7 Å². The molecule has 4 nitrogen and oxygen atoms in total. The Labute approximate surface area is 133 Å². The standard InChI is InChI=1S/C16H20BrNO3/c1-3-11-6-7-18(14(9-11)16(20)21)15(19)13-5-4-12(17)8-10(13)2/h4-5,8,11,14H,3,6-7,9H2,1-2H3,(H,20,21). The molecule has 2 unspecified atom stereocenters. The predicted molar refractivity (Wildman–Crippen MR) is 84.4 cm³/mol. The number of carboxylic acids is 1. The van der Waals surface area contributed by atoms with E-state index in [0.29, 0.717) is 24.4 Å². The average molecular weight is 354 g/mol. The van der Waals surface area contributed by atoms with E-state index in [1.54, 1.807) is 6.07 Å². The first-order valence-corrected chi connectivity index (χ1v) is 8.03. The van der Waals surface area contributed by atoms with Gasteiger partial charge in [0.1, 0.15) is 6.04 Å². The van der Waals surface area contributed by atoms with E-state index in [4.69, 9.17) is 0 Å². The number of benzene rings is 1. The predicted octanol–water partition coefficient (Wildman–Crippen LogP) is 3.47. The summed E-state index contributed by atoms with van der Waals surface area (Å²) in [5.74, 6) is -0.695. The Kier molecular flexibility index (Phi) is 5.04. The monoisotopic (exact) mass is 353 g/mol. The van der Waals surface area contributed by atoms with Crippen LogP contribution in [0.25, 0.3) is 0 Å². The molecule has 0 spiro atoms. The van der Waals surface area contributed by atoms with Crippen molar-refractivity contribution in [2.45, 2.75) is 39.2 Å². The number of likely N-dealkylation sites (tertiary alicyclic amines) is 1. The van der Waals surface area contributed by atoms with Gasteiger partial charge in [-0.15, -0.1) is 0 Å². The van der Waals surface area contributed by atoms with Crippen molar-refractivity contribution in [2.24, 2.45) is 5.92 Å². The second-order valence-corrected chi connectivity index (χ2v) is 6.53. The fourth-order valence-corrected chi connectivity index (χ4v) is 3.38. The molecule has 0 saturated carbocycles. The summed E-state index contributed by atoms with van der Waals surface area (Å²) in [5.41, 5.74) is 1.44. The Balaban J connectivity index is 2.26. The number of carbonyl (C=O) groups is 2. The molecule has 1 fully saturated rings. The van der Waals surface area contributed by atoms with Gasteiger partial charge in [0.2, 0.25) is 0 Å². The Morgan fingerprint density at radius 3 is 2.71 bits per heavy atom. The van der Waals surface area contributed by atoms with E-state index in [1.165, 1.54) is 4.90 Å². The van der Waals surface area contributed by atoms with Gasteiger partial charge in [0.15, 0.2) is 0 Å². The second-order valence-electron chi connectivity index (χ2n) is 5.61. The minimum atomic E-state index is -0.906. The molecule has 5 heteroatoms. The number of hydrogen-bond donors (Lipinski definition) is 1. The summed E-state index contributed by atoms with van der Waals surface area (Å²) in [5, 5.41) is 9.43. The van der Waals surface area contributed by atoms with Crippen LogP contribution in [-0.4, -0.2) is 34.5 Å². The van der Waals surface area contributed by atoms with E-state index < -0.39 is 12.0 Å². The van der Waals surface area contributed by atoms with E-state index in [9.17, 15) is 14.7 Å². The molecule has 0 radical (unpaired) electrons. The van der Waals surface area contributed by atoms with Gasteiger partial charge in [-0.25, -0.2) is 4.79 Å². The highest BCUT2D eigenvalue weighted by Gasteiger charge is 2.36. The van der Waals surface area contributed by atoms with Crippen LogP contribution >= 0.6 is 15.9 Å². The van der Waals surface area contributed by atoms with E-state index in [0.717, 1.165) is 22.9 Å². The van der Waals surface area contributed by atoms with E-state index in [-0.39, 0.29) is 5.91 Å². The van der Waals surface area contributed by atoms with Crippen LogP contribution < -0.4 is 0 Å². The van der Waals surface area contributed by atoms with Crippen LogP contribution in [0.4, 0.5) is 0 Å². The lowest BCUT2D eigenvalue weighted by atomic mass is 9.88. The molecular weight excluding hydrogens is 334 g/mol. The summed E-state index contributed by atoms with van der Waals surface area (Å²) < 4.78 is 0.913. The molecule has 1 amide bonds. The van der Waals surface area contributed by atoms with Gasteiger partial charge < -0.3 is 10.0 Å². The quantitative estimate of drug-likeness (QED) is 0.904. The van der Waals surface area contributed by atoms with Gasteiger partial charge in [0.25, 0.3) is 5.91 Å². The van der Waals surface area contributed by atoms with Crippen molar-refractivity contribution in [3.05, 3.63) is 33.8 Å². The maximum Gasteiger partial charge on any atom is 0.326 e. The Hall–Kier alpha value is -1.36. The first-order chi connectivity index (χ1) is 9.93. The number of aliphatic carboxylic acids is 1. The third kappa shape index (κ3) is 3.46. The zero-order valence-corrected chi connectivity index (χ0v) is 13.9. The Morgan fingerprint density at radius 1 is 1.43 bits per heavy atom. The van der Waals surface area contributed by atoms with Crippen LogP contribution in [0.15, 0.2) is 22.7 Å². The number of carbonyl (C=O) groups excluding carboxylic acids is 1. The number of piperidine rings is 1. The summed E-state index contributed by atoms with van der Waals surface area (Å²) in [6.45, 7) is 4.45. The van der Waals surface area contributed by atoms with Crippen molar-refractivity contribution >= 4 is 27.8 Å². The molecule has 2 atom stereocenters. The zero-order valence-electron chi connectivity index (χ0n) is 12.3. The maximum atomic E-state index is 12.7. The van der Waals surface area contributed by atoms with Crippen LogP contribution in [0.3, 0.4) is 0 Å². The van der Waals surface area contributed by atoms with Gasteiger partial charge in [-0.2, -0.15) is 0 Å². The molecule has 2 rings (SSSR count). The third-order valence-corrected chi connectivity index (χ3v) is 4.75. The van der Waals surface area contributed by atoms with Gasteiger partial charge in [-0.1, -0.05) is 29.3 Å². The van der Waals surface area contributed by atoms with Gasteiger partial charge in [-0.05, 0) is 49.4 Å². The van der Waals surface area contributed by atoms with E-state index >= 15 is 0 Å². The van der Waals surface area contributed by atoms with Crippen LogP contribution in [0.1, 0.15) is 42.1 Å². The van der Waals surface area contributed by atoms with Gasteiger partial charge >= 0.3 is 5.97 Å². The van der Waals surface area contributed by atoms with Crippen LogP contribution in [0.2, 0.25) is 0 Å². The molecule has 0 aliphatic carbocycles. The molecule has 1 aromatic rings. The van der Waals surface area contributed by atoms with Crippen molar-refractivity contribution in [1.82, 2.24) is 4.90 Å². The fraction of sp³-hybridized carbons (Fsp3) is 0.500. The number of carboxylic acid groups (broad SMARTS) is 1. The topological polar surface area (TPSA) is 57.6 Å². The molecule has 1 heterocycles. The van der Waals surface area contributed by atoms with Crippen molar-refractivity contribution in [3.8, 4) is 0 Å².